The number of carbonyl (C=O) groups is 1. The van der Waals surface area contributed by atoms with E-state index in [1.54, 1.807) is 12.4 Å². The van der Waals surface area contributed by atoms with Crippen LogP contribution in [0, 0.1) is 5.92 Å². The smallest absolute Gasteiger partial charge is 0.227 e. The Hall–Kier alpha value is -1.69. The molecule has 6 heteroatoms. The van der Waals surface area contributed by atoms with Gasteiger partial charge in [0.15, 0.2) is 0 Å². The van der Waals surface area contributed by atoms with Gasteiger partial charge in [0.25, 0.3) is 0 Å². The highest BCUT2D eigenvalue weighted by Crippen LogP contribution is 2.28. The molecule has 3 fully saturated rings. The molecule has 26 heavy (non-hydrogen) atoms. The van der Waals surface area contributed by atoms with E-state index >= 15 is 0 Å². The summed E-state index contributed by atoms with van der Waals surface area (Å²) >= 11 is 0. The minimum atomic E-state index is 0.198. The average molecular weight is 358 g/mol. The summed E-state index contributed by atoms with van der Waals surface area (Å²) in [6.45, 7) is 5.57. The summed E-state index contributed by atoms with van der Waals surface area (Å²) in [6, 6.07) is 2.58. The Morgan fingerprint density at radius 3 is 2.50 bits per heavy atom. The van der Waals surface area contributed by atoms with Crippen LogP contribution in [-0.4, -0.2) is 71.0 Å². The number of piperidine rings is 1. The number of nitrogens with zero attached hydrogens (tertiary/aromatic N) is 5. The Morgan fingerprint density at radius 2 is 1.69 bits per heavy atom. The van der Waals surface area contributed by atoms with Crippen molar-refractivity contribution < 1.29 is 4.79 Å². The topological polar surface area (TPSA) is 52.6 Å². The van der Waals surface area contributed by atoms with E-state index < -0.39 is 0 Å². The van der Waals surface area contributed by atoms with Crippen molar-refractivity contribution in [2.75, 3.05) is 44.2 Å². The van der Waals surface area contributed by atoms with E-state index in [1.807, 2.05) is 6.07 Å². The first kappa shape index (κ1) is 17.7. The van der Waals surface area contributed by atoms with Gasteiger partial charge in [-0.1, -0.05) is 12.8 Å². The zero-order valence-electron chi connectivity index (χ0n) is 15.7. The summed E-state index contributed by atoms with van der Waals surface area (Å²) in [7, 11) is 0. The molecule has 0 aromatic carbocycles. The molecule has 2 aliphatic heterocycles. The maximum atomic E-state index is 13.2. The quantitative estimate of drug-likeness (QED) is 0.830. The molecule has 3 heterocycles. The Bertz CT molecular complexity index is 589. The van der Waals surface area contributed by atoms with Crippen LogP contribution in [0.3, 0.4) is 0 Å². The lowest BCUT2D eigenvalue weighted by Gasteiger charge is -2.38. The fourth-order valence-corrected chi connectivity index (χ4v) is 4.86. The van der Waals surface area contributed by atoms with E-state index in [2.05, 4.69) is 24.7 Å². The molecule has 1 saturated carbocycles. The molecular formula is C20H31N5O. The van der Waals surface area contributed by atoms with E-state index in [1.165, 1.54) is 38.6 Å². The Balaban J connectivity index is 1.34. The first-order valence-corrected chi connectivity index (χ1v) is 10.4. The standard InChI is InChI=1S/C20H31N5O/c26-19(17-6-3-11-25(16-17)18-7-1-2-8-18)23-12-5-13-24(15-14-23)20-21-9-4-10-22-20/h4,9-10,17-18H,1-3,5-8,11-16H2. The second-order valence-electron chi connectivity index (χ2n) is 7.99. The molecule has 1 unspecified atom stereocenters. The highest BCUT2D eigenvalue weighted by molar-refractivity contribution is 5.79. The number of aromatic nitrogens is 2. The van der Waals surface area contributed by atoms with Gasteiger partial charge in [-0.25, -0.2) is 9.97 Å². The molecule has 0 bridgehead atoms. The molecule has 1 aromatic rings. The third-order valence-electron chi connectivity index (χ3n) is 6.29. The van der Waals surface area contributed by atoms with Gasteiger partial charge in [0, 0.05) is 51.2 Å². The number of amides is 1. The largest absolute Gasteiger partial charge is 0.341 e. The summed E-state index contributed by atoms with van der Waals surface area (Å²) in [6.07, 6.45) is 12.2. The predicted molar refractivity (Wildman–Crippen MR) is 102 cm³/mol. The Morgan fingerprint density at radius 1 is 0.885 bits per heavy atom. The molecular weight excluding hydrogens is 326 g/mol. The van der Waals surface area contributed by atoms with Crippen LogP contribution in [0.2, 0.25) is 0 Å². The Kier molecular flexibility index (Phi) is 5.68. The predicted octanol–water partition coefficient (Wildman–Crippen LogP) is 2.17. The third kappa shape index (κ3) is 4.00. The van der Waals surface area contributed by atoms with Crippen molar-refractivity contribution in [3.8, 4) is 0 Å². The minimum absolute atomic E-state index is 0.198. The number of anilines is 1. The lowest BCUT2D eigenvalue weighted by Crippen LogP contribution is -2.48. The van der Waals surface area contributed by atoms with Crippen molar-refractivity contribution in [3.05, 3.63) is 18.5 Å². The monoisotopic (exact) mass is 357 g/mol. The molecule has 0 radical (unpaired) electrons. The molecule has 2 saturated heterocycles. The molecule has 6 nitrogen and oxygen atoms in total. The summed E-state index contributed by atoms with van der Waals surface area (Å²) in [5, 5.41) is 0. The van der Waals surface area contributed by atoms with Gasteiger partial charge in [-0.3, -0.25) is 9.69 Å². The first-order chi connectivity index (χ1) is 12.8. The first-order valence-electron chi connectivity index (χ1n) is 10.4. The van der Waals surface area contributed by atoms with Gasteiger partial charge in [-0.2, -0.15) is 0 Å². The van der Waals surface area contributed by atoms with Crippen LogP contribution in [0.15, 0.2) is 18.5 Å². The van der Waals surface area contributed by atoms with E-state index in [0.29, 0.717) is 5.91 Å². The van der Waals surface area contributed by atoms with Gasteiger partial charge >= 0.3 is 0 Å². The van der Waals surface area contributed by atoms with Crippen molar-refractivity contribution in [2.24, 2.45) is 5.92 Å². The summed E-state index contributed by atoms with van der Waals surface area (Å²) in [5.74, 6) is 1.36. The van der Waals surface area contributed by atoms with Crippen LogP contribution in [0.5, 0.6) is 0 Å². The maximum Gasteiger partial charge on any atom is 0.227 e. The molecule has 1 aliphatic carbocycles. The van der Waals surface area contributed by atoms with Crippen LogP contribution < -0.4 is 4.90 Å². The zero-order valence-corrected chi connectivity index (χ0v) is 15.7. The van der Waals surface area contributed by atoms with E-state index in [4.69, 9.17) is 0 Å². The number of hydrogen-bond acceptors (Lipinski definition) is 5. The molecule has 4 rings (SSSR count). The highest BCUT2D eigenvalue weighted by Gasteiger charge is 2.33. The van der Waals surface area contributed by atoms with Crippen molar-refractivity contribution in [1.82, 2.24) is 19.8 Å². The van der Waals surface area contributed by atoms with Crippen molar-refractivity contribution >= 4 is 11.9 Å². The van der Waals surface area contributed by atoms with Crippen molar-refractivity contribution in [3.63, 3.8) is 0 Å². The van der Waals surface area contributed by atoms with Gasteiger partial charge < -0.3 is 9.80 Å². The van der Waals surface area contributed by atoms with E-state index in [9.17, 15) is 4.79 Å². The number of likely N-dealkylation sites (tertiary alicyclic amines) is 1. The van der Waals surface area contributed by atoms with Crippen LogP contribution in [-0.2, 0) is 4.79 Å². The molecule has 0 spiro atoms. The molecule has 1 amide bonds. The van der Waals surface area contributed by atoms with Crippen LogP contribution in [0.25, 0.3) is 0 Å². The van der Waals surface area contributed by atoms with Gasteiger partial charge in [0.2, 0.25) is 11.9 Å². The lowest BCUT2D eigenvalue weighted by molar-refractivity contribution is -0.137. The highest BCUT2D eigenvalue weighted by atomic mass is 16.2. The molecule has 1 aromatic heterocycles. The molecule has 1 atom stereocenters. The number of rotatable bonds is 3. The summed E-state index contributed by atoms with van der Waals surface area (Å²) in [5.41, 5.74) is 0. The van der Waals surface area contributed by atoms with Crippen LogP contribution >= 0.6 is 0 Å². The SMILES string of the molecule is O=C(C1CCCN(C2CCCC2)C1)N1CCCN(c2ncccn2)CC1. The number of carbonyl (C=O) groups excluding carboxylic acids is 1. The second kappa shape index (κ2) is 8.33. The fraction of sp³-hybridized carbons (Fsp3) is 0.750. The molecule has 3 aliphatic rings. The van der Waals surface area contributed by atoms with Gasteiger partial charge in [-0.15, -0.1) is 0 Å². The van der Waals surface area contributed by atoms with Gasteiger partial charge in [0.1, 0.15) is 0 Å². The fourth-order valence-electron chi connectivity index (χ4n) is 4.86. The van der Waals surface area contributed by atoms with Gasteiger partial charge in [0.05, 0.1) is 5.92 Å². The van der Waals surface area contributed by atoms with E-state index in [0.717, 1.165) is 57.6 Å². The normalized spacial score (nSPS) is 26.1. The van der Waals surface area contributed by atoms with Gasteiger partial charge in [-0.05, 0) is 44.7 Å². The molecule has 142 valence electrons. The van der Waals surface area contributed by atoms with Crippen molar-refractivity contribution in [1.29, 1.82) is 0 Å². The van der Waals surface area contributed by atoms with Crippen LogP contribution in [0.1, 0.15) is 44.9 Å². The molecule has 0 N–H and O–H groups in total. The summed E-state index contributed by atoms with van der Waals surface area (Å²) < 4.78 is 0. The summed E-state index contributed by atoms with van der Waals surface area (Å²) in [4.78, 5) is 28.8. The average Bonchev–Trinajstić information content (AvgIpc) is 3.13. The van der Waals surface area contributed by atoms with Crippen molar-refractivity contribution in [2.45, 2.75) is 51.0 Å². The lowest BCUT2D eigenvalue weighted by atomic mass is 9.94. The minimum Gasteiger partial charge on any atom is -0.341 e. The zero-order chi connectivity index (χ0) is 17.8. The number of hydrogen-bond donors (Lipinski definition) is 0. The van der Waals surface area contributed by atoms with Crippen LogP contribution in [0.4, 0.5) is 5.95 Å². The third-order valence-corrected chi connectivity index (χ3v) is 6.29. The van der Waals surface area contributed by atoms with E-state index in [-0.39, 0.29) is 5.92 Å². The second-order valence-corrected chi connectivity index (χ2v) is 7.99. The maximum absolute atomic E-state index is 13.2. The Labute approximate surface area is 156 Å².